The first kappa shape index (κ1) is 9.41. The van der Waals surface area contributed by atoms with Crippen molar-refractivity contribution in [3.8, 4) is 0 Å². The Labute approximate surface area is 79.7 Å². The van der Waals surface area contributed by atoms with Crippen molar-refractivity contribution in [2.75, 3.05) is 18.7 Å². The lowest BCUT2D eigenvalue weighted by Crippen LogP contribution is -2.22. The van der Waals surface area contributed by atoms with Crippen molar-refractivity contribution < 1.29 is 4.84 Å². The number of hydrogen-bond acceptors (Lipinski definition) is 4. The zero-order valence-electron chi connectivity index (χ0n) is 6.99. The van der Waals surface area contributed by atoms with Crippen LogP contribution in [0.5, 0.6) is 0 Å². The predicted octanol–water partition coefficient (Wildman–Crippen LogP) is 1.63. The molecule has 0 bridgehead atoms. The van der Waals surface area contributed by atoms with Gasteiger partial charge in [-0.3, -0.25) is 4.84 Å². The third-order valence-electron chi connectivity index (χ3n) is 1.39. The van der Waals surface area contributed by atoms with Crippen molar-refractivity contribution in [3.05, 3.63) is 17.0 Å². The van der Waals surface area contributed by atoms with E-state index in [-0.39, 0.29) is 0 Å². The SMILES string of the molecule is CCN(OC)c1ncncc1Br. The van der Waals surface area contributed by atoms with Crippen LogP contribution in [0.3, 0.4) is 0 Å². The Morgan fingerprint density at radius 1 is 1.67 bits per heavy atom. The molecule has 4 nitrogen and oxygen atoms in total. The van der Waals surface area contributed by atoms with Gasteiger partial charge in [0.15, 0.2) is 5.82 Å². The van der Waals surface area contributed by atoms with Crippen LogP contribution in [0.15, 0.2) is 17.0 Å². The second-order valence-electron chi connectivity index (χ2n) is 2.07. The zero-order chi connectivity index (χ0) is 8.97. The van der Waals surface area contributed by atoms with Gasteiger partial charge in [0.1, 0.15) is 6.33 Å². The minimum atomic E-state index is 0.742. The lowest BCUT2D eigenvalue weighted by molar-refractivity contribution is 0.168. The summed E-state index contributed by atoms with van der Waals surface area (Å²) in [4.78, 5) is 13.0. The van der Waals surface area contributed by atoms with Crippen molar-refractivity contribution in [3.63, 3.8) is 0 Å². The Balaban J connectivity index is 2.92. The number of nitrogens with zero attached hydrogens (tertiary/aromatic N) is 3. The van der Waals surface area contributed by atoms with Crippen LogP contribution in [0.25, 0.3) is 0 Å². The molecule has 1 aromatic heterocycles. The topological polar surface area (TPSA) is 38.2 Å². The highest BCUT2D eigenvalue weighted by atomic mass is 79.9. The number of aromatic nitrogens is 2. The molecule has 0 saturated carbocycles. The number of anilines is 1. The zero-order valence-corrected chi connectivity index (χ0v) is 8.58. The second-order valence-corrected chi connectivity index (χ2v) is 2.93. The minimum Gasteiger partial charge on any atom is -0.275 e. The van der Waals surface area contributed by atoms with Crippen LogP contribution in [0.4, 0.5) is 5.82 Å². The summed E-state index contributed by atoms with van der Waals surface area (Å²) in [6.45, 7) is 2.73. The van der Waals surface area contributed by atoms with Gasteiger partial charge in [-0.15, -0.1) is 0 Å². The molecule has 1 heterocycles. The summed E-state index contributed by atoms with van der Waals surface area (Å²) in [5, 5.41) is 1.67. The van der Waals surface area contributed by atoms with E-state index in [0.717, 1.165) is 16.8 Å². The average Bonchev–Trinajstić information content (AvgIpc) is 2.10. The largest absolute Gasteiger partial charge is 0.275 e. The van der Waals surface area contributed by atoms with Crippen LogP contribution in [0.2, 0.25) is 0 Å². The third kappa shape index (κ3) is 1.92. The van der Waals surface area contributed by atoms with Gasteiger partial charge in [-0.1, -0.05) is 0 Å². The molecule has 1 rings (SSSR count). The Morgan fingerprint density at radius 3 is 2.92 bits per heavy atom. The Hall–Kier alpha value is -0.680. The molecule has 0 atom stereocenters. The molecule has 0 aromatic carbocycles. The molecule has 5 heteroatoms. The van der Waals surface area contributed by atoms with Gasteiger partial charge >= 0.3 is 0 Å². The van der Waals surface area contributed by atoms with E-state index >= 15 is 0 Å². The number of halogens is 1. The lowest BCUT2D eigenvalue weighted by atomic mass is 10.5. The van der Waals surface area contributed by atoms with Crippen molar-refractivity contribution in [2.24, 2.45) is 0 Å². The monoisotopic (exact) mass is 231 g/mol. The maximum Gasteiger partial charge on any atom is 0.170 e. The summed E-state index contributed by atoms with van der Waals surface area (Å²) in [5.41, 5.74) is 0. The molecular weight excluding hydrogens is 222 g/mol. The molecule has 0 aliphatic carbocycles. The predicted molar refractivity (Wildman–Crippen MR) is 49.8 cm³/mol. The number of rotatable bonds is 3. The first-order valence-corrected chi connectivity index (χ1v) is 4.36. The fraction of sp³-hybridized carbons (Fsp3) is 0.429. The first-order chi connectivity index (χ1) is 5.79. The first-order valence-electron chi connectivity index (χ1n) is 3.56. The maximum atomic E-state index is 5.08. The van der Waals surface area contributed by atoms with Gasteiger partial charge in [0.05, 0.1) is 11.6 Å². The van der Waals surface area contributed by atoms with Crippen LogP contribution in [-0.4, -0.2) is 23.6 Å². The van der Waals surface area contributed by atoms with Gasteiger partial charge in [-0.05, 0) is 22.9 Å². The molecule has 0 saturated heterocycles. The lowest BCUT2D eigenvalue weighted by Gasteiger charge is -2.18. The number of hydrogen-bond donors (Lipinski definition) is 0. The van der Waals surface area contributed by atoms with E-state index in [9.17, 15) is 0 Å². The highest BCUT2D eigenvalue weighted by Gasteiger charge is 2.07. The van der Waals surface area contributed by atoms with E-state index in [1.807, 2.05) is 6.92 Å². The van der Waals surface area contributed by atoms with E-state index < -0.39 is 0 Å². The molecule has 0 N–H and O–H groups in total. The van der Waals surface area contributed by atoms with Crippen molar-refractivity contribution in [1.29, 1.82) is 0 Å². The molecular formula is C7H10BrN3O. The van der Waals surface area contributed by atoms with Gasteiger partial charge < -0.3 is 0 Å². The fourth-order valence-corrected chi connectivity index (χ4v) is 1.27. The summed E-state index contributed by atoms with van der Waals surface area (Å²) in [6, 6.07) is 0. The van der Waals surface area contributed by atoms with E-state index in [2.05, 4.69) is 25.9 Å². The van der Waals surface area contributed by atoms with E-state index in [0.29, 0.717) is 0 Å². The standard InChI is InChI=1S/C7H10BrN3O/c1-3-11(12-2)7-6(8)4-9-5-10-7/h4-5H,3H2,1-2H3. The van der Waals surface area contributed by atoms with Crippen molar-refractivity contribution >= 4 is 21.7 Å². The highest BCUT2D eigenvalue weighted by Crippen LogP contribution is 2.21. The van der Waals surface area contributed by atoms with E-state index in [1.54, 1.807) is 18.4 Å². The highest BCUT2D eigenvalue weighted by molar-refractivity contribution is 9.10. The van der Waals surface area contributed by atoms with Crippen LogP contribution in [-0.2, 0) is 4.84 Å². The van der Waals surface area contributed by atoms with Gasteiger partial charge in [0.25, 0.3) is 0 Å². The normalized spacial score (nSPS) is 9.92. The minimum absolute atomic E-state index is 0.742. The van der Waals surface area contributed by atoms with Gasteiger partial charge in [-0.2, -0.15) is 0 Å². The molecule has 66 valence electrons. The Morgan fingerprint density at radius 2 is 2.42 bits per heavy atom. The van der Waals surface area contributed by atoms with Crippen LogP contribution in [0, 0.1) is 0 Å². The Kier molecular flexibility index (Phi) is 3.43. The van der Waals surface area contributed by atoms with Gasteiger partial charge in [-0.25, -0.2) is 15.0 Å². The van der Waals surface area contributed by atoms with Crippen LogP contribution in [0.1, 0.15) is 6.92 Å². The molecule has 0 spiro atoms. The Bertz CT molecular complexity index is 252. The molecule has 0 amide bonds. The molecule has 1 aromatic rings. The van der Waals surface area contributed by atoms with Crippen molar-refractivity contribution in [1.82, 2.24) is 9.97 Å². The van der Waals surface area contributed by atoms with E-state index in [4.69, 9.17) is 4.84 Å². The smallest absolute Gasteiger partial charge is 0.170 e. The molecule has 12 heavy (non-hydrogen) atoms. The molecule has 0 radical (unpaired) electrons. The molecule has 0 aliphatic heterocycles. The molecule has 0 unspecified atom stereocenters. The number of hydroxylamine groups is 1. The fourth-order valence-electron chi connectivity index (χ4n) is 0.855. The quantitative estimate of drug-likeness (QED) is 0.742. The van der Waals surface area contributed by atoms with E-state index in [1.165, 1.54) is 6.33 Å². The summed E-state index contributed by atoms with van der Waals surface area (Å²) in [7, 11) is 1.61. The van der Waals surface area contributed by atoms with Crippen molar-refractivity contribution in [2.45, 2.75) is 6.92 Å². The summed E-state index contributed by atoms with van der Waals surface area (Å²) >= 11 is 3.33. The summed E-state index contributed by atoms with van der Waals surface area (Å²) < 4.78 is 0.828. The van der Waals surface area contributed by atoms with Gasteiger partial charge in [0.2, 0.25) is 0 Å². The van der Waals surface area contributed by atoms with Gasteiger partial charge in [0, 0.05) is 12.7 Å². The summed E-state index contributed by atoms with van der Waals surface area (Å²) in [6.07, 6.45) is 3.17. The van der Waals surface area contributed by atoms with Crippen LogP contribution >= 0.6 is 15.9 Å². The van der Waals surface area contributed by atoms with Crippen LogP contribution < -0.4 is 5.06 Å². The molecule has 0 fully saturated rings. The average molecular weight is 232 g/mol. The summed E-state index contributed by atoms with van der Waals surface area (Å²) in [5.74, 6) is 0.745. The molecule has 0 aliphatic rings. The maximum absolute atomic E-state index is 5.08. The second kappa shape index (κ2) is 4.37. The third-order valence-corrected chi connectivity index (χ3v) is 1.95.